The molecule has 0 aromatic heterocycles. The van der Waals surface area contributed by atoms with Crippen molar-refractivity contribution in [1.82, 2.24) is 10.2 Å². The Morgan fingerprint density at radius 3 is 2.12 bits per heavy atom. The van der Waals surface area contributed by atoms with Gasteiger partial charge in [0.05, 0.1) is 33.7 Å². The monoisotopic (exact) mass is 616 g/mol. The van der Waals surface area contributed by atoms with Crippen molar-refractivity contribution in [1.29, 1.82) is 0 Å². The van der Waals surface area contributed by atoms with Crippen LogP contribution in [0.25, 0.3) is 0 Å². The number of hydrogen-bond acceptors (Lipinski definition) is 7. The second-order valence-corrected chi connectivity index (χ2v) is 11.3. The van der Waals surface area contributed by atoms with Gasteiger partial charge in [0.1, 0.15) is 12.4 Å². The van der Waals surface area contributed by atoms with E-state index in [2.05, 4.69) is 10.2 Å². The van der Waals surface area contributed by atoms with Gasteiger partial charge < -0.3 is 14.8 Å². The molecule has 1 N–H and O–H groups in total. The average Bonchev–Trinajstić information content (AvgIpc) is 2.97. The van der Waals surface area contributed by atoms with Crippen molar-refractivity contribution in [2.24, 2.45) is 5.92 Å². The summed E-state index contributed by atoms with van der Waals surface area (Å²) < 4.78 is 24.4. The maximum absolute atomic E-state index is 13.6. The highest BCUT2D eigenvalue weighted by Gasteiger charge is 2.39. The van der Waals surface area contributed by atoms with Crippen molar-refractivity contribution < 1.29 is 28.2 Å². The molecule has 2 aromatic carbocycles. The molecular weight excluding hydrogens is 582 g/mol. The summed E-state index contributed by atoms with van der Waals surface area (Å²) in [6.45, 7) is 7.61. The molecule has 10 heteroatoms. The van der Waals surface area contributed by atoms with Gasteiger partial charge in [0.2, 0.25) is 0 Å². The summed E-state index contributed by atoms with van der Waals surface area (Å²) in [6, 6.07) is 10.8. The molecule has 1 saturated heterocycles. The summed E-state index contributed by atoms with van der Waals surface area (Å²) in [7, 11) is 0. The Balaban J connectivity index is 1.43. The molecule has 0 saturated carbocycles. The van der Waals surface area contributed by atoms with Crippen molar-refractivity contribution in [3.05, 3.63) is 92.0 Å². The van der Waals surface area contributed by atoms with E-state index in [0.29, 0.717) is 66.4 Å². The first-order valence-electron chi connectivity index (χ1n) is 14.1. The highest BCUT2D eigenvalue weighted by molar-refractivity contribution is 6.42. The van der Waals surface area contributed by atoms with Gasteiger partial charge in [0, 0.05) is 29.4 Å². The van der Waals surface area contributed by atoms with Crippen LogP contribution in [0.2, 0.25) is 10.0 Å². The van der Waals surface area contributed by atoms with E-state index in [9.17, 15) is 18.8 Å². The van der Waals surface area contributed by atoms with Crippen LogP contribution in [0.3, 0.4) is 0 Å². The second-order valence-electron chi connectivity index (χ2n) is 10.5. The average molecular weight is 618 g/mol. The van der Waals surface area contributed by atoms with Crippen molar-refractivity contribution in [3.63, 3.8) is 0 Å². The van der Waals surface area contributed by atoms with Crippen LogP contribution < -0.4 is 5.32 Å². The molecule has 1 unspecified atom stereocenters. The Kier molecular flexibility index (Phi) is 10.8. The lowest BCUT2D eigenvalue weighted by molar-refractivity contribution is -0.140. The first-order valence-corrected chi connectivity index (χ1v) is 14.9. The Hall–Kier alpha value is -3.20. The van der Waals surface area contributed by atoms with Gasteiger partial charge in [-0.15, -0.1) is 0 Å². The molecule has 4 rings (SSSR count). The minimum absolute atomic E-state index is 0.0237. The van der Waals surface area contributed by atoms with Crippen molar-refractivity contribution in [2.45, 2.75) is 46.0 Å². The maximum atomic E-state index is 13.6. The van der Waals surface area contributed by atoms with Gasteiger partial charge in [-0.1, -0.05) is 42.3 Å². The molecule has 1 atom stereocenters. The zero-order chi connectivity index (χ0) is 30.4. The Morgan fingerprint density at radius 1 is 0.929 bits per heavy atom. The number of ketones is 1. The first kappa shape index (κ1) is 31.7. The van der Waals surface area contributed by atoms with Crippen LogP contribution in [0, 0.1) is 11.7 Å². The van der Waals surface area contributed by atoms with Crippen molar-refractivity contribution >= 4 is 40.9 Å². The molecule has 0 amide bonds. The standard InChI is InChI=1S/C32H35Cl2FN2O5/c1-4-17-41-31(39)26-19(2)36-20(3)27(28(26)24-6-5-7-25(33)29(24)34)32(40)42-18-16-37-14-12-22(13-15-37)30(38)21-8-10-23(35)11-9-21/h5-11,22,28,36H,4,12-18H2,1-3H3. The van der Waals surface area contributed by atoms with Crippen LogP contribution in [0.1, 0.15) is 61.9 Å². The Labute approximate surface area is 255 Å². The van der Waals surface area contributed by atoms with E-state index in [-0.39, 0.29) is 46.9 Å². The maximum Gasteiger partial charge on any atom is 0.336 e. The summed E-state index contributed by atoms with van der Waals surface area (Å²) in [5.41, 5.74) is 2.67. The molecule has 42 heavy (non-hydrogen) atoms. The number of piperidine rings is 1. The lowest BCUT2D eigenvalue weighted by Crippen LogP contribution is -2.39. The first-order chi connectivity index (χ1) is 20.1. The number of nitrogens with zero attached hydrogens (tertiary/aromatic N) is 1. The number of dihydropyridines is 1. The summed E-state index contributed by atoms with van der Waals surface area (Å²) in [5.74, 6) is -2.42. The van der Waals surface area contributed by atoms with E-state index in [1.807, 2.05) is 6.92 Å². The number of hydrogen-bond donors (Lipinski definition) is 1. The topological polar surface area (TPSA) is 84.9 Å². The third-order valence-electron chi connectivity index (χ3n) is 7.66. The SMILES string of the molecule is CCCOC(=O)C1=C(C)NC(C)=C(C(=O)OCCN2CCC(C(=O)c3ccc(F)cc3)CC2)C1c1cccc(Cl)c1Cl. The van der Waals surface area contributed by atoms with Crippen molar-refractivity contribution in [3.8, 4) is 0 Å². The predicted octanol–water partition coefficient (Wildman–Crippen LogP) is 6.46. The normalized spacial score (nSPS) is 18.1. The summed E-state index contributed by atoms with van der Waals surface area (Å²) in [4.78, 5) is 41.7. The van der Waals surface area contributed by atoms with Crippen molar-refractivity contribution in [2.75, 3.05) is 32.8 Å². The number of rotatable bonds is 10. The highest BCUT2D eigenvalue weighted by Crippen LogP contribution is 2.43. The second kappa shape index (κ2) is 14.3. The van der Waals surface area contributed by atoms with Gasteiger partial charge in [-0.3, -0.25) is 9.69 Å². The zero-order valence-corrected chi connectivity index (χ0v) is 25.5. The summed E-state index contributed by atoms with van der Waals surface area (Å²) in [5, 5.41) is 3.69. The number of ether oxygens (including phenoxy) is 2. The third-order valence-corrected chi connectivity index (χ3v) is 8.49. The zero-order valence-electron chi connectivity index (χ0n) is 24.0. The molecular formula is C32H35Cl2FN2O5. The van der Waals surface area contributed by atoms with E-state index in [0.717, 1.165) is 0 Å². The fourth-order valence-electron chi connectivity index (χ4n) is 5.48. The molecule has 1 fully saturated rings. The highest BCUT2D eigenvalue weighted by atomic mass is 35.5. The number of benzene rings is 2. The number of allylic oxidation sites excluding steroid dienone is 2. The molecule has 0 aliphatic carbocycles. The molecule has 0 bridgehead atoms. The molecule has 0 spiro atoms. The van der Waals surface area contributed by atoms with Crippen LogP contribution >= 0.6 is 23.2 Å². The third kappa shape index (κ3) is 7.22. The smallest absolute Gasteiger partial charge is 0.336 e. The Morgan fingerprint density at radius 2 is 1.52 bits per heavy atom. The fourth-order valence-corrected chi connectivity index (χ4v) is 5.89. The Bertz CT molecular complexity index is 1400. The van der Waals surface area contributed by atoms with Crippen LogP contribution in [0.4, 0.5) is 4.39 Å². The van der Waals surface area contributed by atoms with Gasteiger partial charge in [0.15, 0.2) is 5.78 Å². The fraction of sp³-hybridized carbons (Fsp3) is 0.406. The molecule has 224 valence electrons. The van der Waals surface area contributed by atoms with Crippen LogP contribution in [-0.4, -0.2) is 55.5 Å². The number of likely N-dealkylation sites (tertiary alicyclic amines) is 1. The minimum atomic E-state index is -0.831. The quantitative estimate of drug-likeness (QED) is 0.242. The summed E-state index contributed by atoms with van der Waals surface area (Å²) >= 11 is 12.9. The van der Waals surface area contributed by atoms with E-state index in [4.69, 9.17) is 32.7 Å². The largest absolute Gasteiger partial charge is 0.462 e. The lowest BCUT2D eigenvalue weighted by Gasteiger charge is -2.32. The van der Waals surface area contributed by atoms with E-state index in [1.54, 1.807) is 32.0 Å². The van der Waals surface area contributed by atoms with E-state index in [1.165, 1.54) is 24.3 Å². The molecule has 2 aliphatic heterocycles. The van der Waals surface area contributed by atoms with Gasteiger partial charge in [0.25, 0.3) is 0 Å². The number of carbonyl (C=O) groups is 3. The van der Waals surface area contributed by atoms with Crippen LogP contribution in [0.5, 0.6) is 0 Å². The van der Waals surface area contributed by atoms with Gasteiger partial charge in [-0.05, 0) is 82.1 Å². The lowest BCUT2D eigenvalue weighted by atomic mass is 9.80. The van der Waals surface area contributed by atoms with E-state index < -0.39 is 17.9 Å². The number of halogens is 3. The molecule has 2 aromatic rings. The summed E-state index contributed by atoms with van der Waals surface area (Å²) in [6.07, 6.45) is 1.98. The number of carbonyl (C=O) groups excluding carboxylic acids is 3. The van der Waals surface area contributed by atoms with Gasteiger partial charge in [-0.2, -0.15) is 0 Å². The number of esters is 2. The molecule has 2 heterocycles. The predicted molar refractivity (Wildman–Crippen MR) is 160 cm³/mol. The molecule has 0 radical (unpaired) electrons. The molecule has 7 nitrogen and oxygen atoms in total. The number of Topliss-reactive ketones (excluding diaryl/α,β-unsaturated/α-hetero) is 1. The van der Waals surface area contributed by atoms with Crippen LogP contribution in [-0.2, 0) is 19.1 Å². The van der Waals surface area contributed by atoms with Gasteiger partial charge in [-0.25, -0.2) is 14.0 Å². The van der Waals surface area contributed by atoms with Gasteiger partial charge >= 0.3 is 11.9 Å². The molecule has 2 aliphatic rings. The van der Waals surface area contributed by atoms with Crippen LogP contribution in [0.15, 0.2) is 65.0 Å². The minimum Gasteiger partial charge on any atom is -0.462 e. The number of nitrogens with one attached hydrogen (secondary N) is 1. The van der Waals surface area contributed by atoms with E-state index >= 15 is 0 Å².